The third kappa shape index (κ3) is 6.02. The van der Waals surface area contributed by atoms with E-state index in [9.17, 15) is 4.79 Å². The number of aliphatic hydroxyl groups excluding tert-OH is 5. The molecular formula is C6H14Br2O6. The molecule has 14 heavy (non-hydrogen) atoms. The molecule has 8 heteroatoms. The zero-order chi connectivity index (χ0) is 9.72. The lowest BCUT2D eigenvalue weighted by molar-refractivity contribution is -0.136. The summed E-state index contributed by atoms with van der Waals surface area (Å²) < 4.78 is 0. The van der Waals surface area contributed by atoms with Gasteiger partial charge >= 0.3 is 0 Å². The monoisotopic (exact) mass is 340 g/mol. The number of aldehydes is 1. The number of carbonyl (C=O) groups is 1. The van der Waals surface area contributed by atoms with Crippen LogP contribution in [0, 0.1) is 0 Å². The molecule has 0 saturated heterocycles. The van der Waals surface area contributed by atoms with Gasteiger partial charge < -0.3 is 30.3 Å². The van der Waals surface area contributed by atoms with Gasteiger partial charge in [0.1, 0.15) is 24.4 Å². The predicted molar refractivity (Wildman–Crippen MR) is 57.8 cm³/mol. The standard InChI is InChI=1S/C6H12O6.2BrH/c7-1-3(9)5(11)6(12)4(10)2-8;;/h1,3-6,8-12H,2H2;2*1H/t3-,4+,5+,6+;;/m0../s1. The van der Waals surface area contributed by atoms with Crippen molar-refractivity contribution in [2.24, 2.45) is 0 Å². The van der Waals surface area contributed by atoms with E-state index in [2.05, 4.69) is 0 Å². The fourth-order valence-corrected chi connectivity index (χ4v) is 0.618. The molecule has 0 radical (unpaired) electrons. The molecular weight excluding hydrogens is 328 g/mol. The van der Waals surface area contributed by atoms with Crippen LogP contribution in [0.25, 0.3) is 0 Å². The lowest BCUT2D eigenvalue weighted by Gasteiger charge is -2.22. The van der Waals surface area contributed by atoms with Gasteiger partial charge in [-0.05, 0) is 0 Å². The number of hydrogen-bond acceptors (Lipinski definition) is 6. The van der Waals surface area contributed by atoms with Crippen LogP contribution in [0.2, 0.25) is 0 Å². The van der Waals surface area contributed by atoms with Crippen molar-refractivity contribution in [1.82, 2.24) is 0 Å². The van der Waals surface area contributed by atoms with E-state index < -0.39 is 31.0 Å². The Morgan fingerprint density at radius 1 is 1.00 bits per heavy atom. The largest absolute Gasteiger partial charge is 0.394 e. The highest BCUT2D eigenvalue weighted by atomic mass is 79.9. The van der Waals surface area contributed by atoms with Crippen molar-refractivity contribution in [2.75, 3.05) is 6.61 Å². The van der Waals surface area contributed by atoms with Crippen LogP contribution < -0.4 is 0 Å². The lowest BCUT2D eigenvalue weighted by atomic mass is 10.0. The van der Waals surface area contributed by atoms with Crippen molar-refractivity contribution in [2.45, 2.75) is 24.4 Å². The second-order valence-electron chi connectivity index (χ2n) is 2.36. The minimum absolute atomic E-state index is 0. The van der Waals surface area contributed by atoms with Gasteiger partial charge in [-0.3, -0.25) is 0 Å². The molecule has 0 aromatic heterocycles. The number of carbonyl (C=O) groups excluding carboxylic acids is 1. The van der Waals surface area contributed by atoms with Crippen molar-refractivity contribution in [3.05, 3.63) is 0 Å². The second kappa shape index (κ2) is 9.97. The van der Waals surface area contributed by atoms with Crippen LogP contribution in [-0.4, -0.2) is 62.8 Å². The van der Waals surface area contributed by atoms with E-state index in [1.54, 1.807) is 0 Å². The molecule has 0 fully saturated rings. The summed E-state index contributed by atoms with van der Waals surface area (Å²) in [7, 11) is 0. The minimum Gasteiger partial charge on any atom is -0.394 e. The molecule has 0 saturated carbocycles. The third-order valence-corrected chi connectivity index (χ3v) is 1.42. The highest BCUT2D eigenvalue weighted by molar-refractivity contribution is 8.93. The quantitative estimate of drug-likeness (QED) is 0.361. The molecule has 0 aliphatic heterocycles. The molecule has 0 aromatic rings. The Bertz CT molecular complexity index is 146. The van der Waals surface area contributed by atoms with Crippen LogP contribution >= 0.6 is 34.0 Å². The van der Waals surface area contributed by atoms with Crippen molar-refractivity contribution in [1.29, 1.82) is 0 Å². The van der Waals surface area contributed by atoms with Crippen LogP contribution in [0.1, 0.15) is 0 Å². The maximum atomic E-state index is 9.90. The van der Waals surface area contributed by atoms with Crippen molar-refractivity contribution in [3.8, 4) is 0 Å². The molecule has 0 rings (SSSR count). The van der Waals surface area contributed by atoms with Gasteiger partial charge in [-0.2, -0.15) is 0 Å². The van der Waals surface area contributed by atoms with Gasteiger partial charge in [0.25, 0.3) is 0 Å². The third-order valence-electron chi connectivity index (χ3n) is 1.42. The van der Waals surface area contributed by atoms with E-state index in [1.807, 2.05) is 0 Å². The van der Waals surface area contributed by atoms with Crippen molar-refractivity contribution < 1.29 is 30.3 Å². The normalized spacial score (nSPS) is 18.1. The highest BCUT2D eigenvalue weighted by Crippen LogP contribution is 2.02. The zero-order valence-electron chi connectivity index (χ0n) is 7.05. The summed E-state index contributed by atoms with van der Waals surface area (Å²) in [6, 6.07) is 0. The zero-order valence-corrected chi connectivity index (χ0v) is 10.5. The van der Waals surface area contributed by atoms with Crippen LogP contribution in [-0.2, 0) is 4.79 Å². The number of aliphatic hydroxyl groups is 5. The Balaban J connectivity index is -0.000000605. The Morgan fingerprint density at radius 2 is 1.43 bits per heavy atom. The molecule has 0 aliphatic carbocycles. The van der Waals surface area contributed by atoms with E-state index in [0.717, 1.165) is 0 Å². The van der Waals surface area contributed by atoms with E-state index in [-0.39, 0.29) is 40.2 Å². The summed E-state index contributed by atoms with van der Waals surface area (Å²) in [5.74, 6) is 0. The van der Waals surface area contributed by atoms with E-state index in [1.165, 1.54) is 0 Å². The highest BCUT2D eigenvalue weighted by Gasteiger charge is 2.29. The molecule has 0 unspecified atom stereocenters. The molecule has 0 aliphatic rings. The molecule has 4 atom stereocenters. The summed E-state index contributed by atoms with van der Waals surface area (Å²) in [5.41, 5.74) is 0. The van der Waals surface area contributed by atoms with Crippen LogP contribution in [0.15, 0.2) is 0 Å². The Morgan fingerprint density at radius 3 is 1.71 bits per heavy atom. The fraction of sp³-hybridized carbons (Fsp3) is 0.833. The predicted octanol–water partition coefficient (Wildman–Crippen LogP) is -2.22. The topological polar surface area (TPSA) is 118 Å². The molecule has 88 valence electrons. The average molecular weight is 342 g/mol. The Labute approximate surface area is 102 Å². The summed E-state index contributed by atoms with van der Waals surface area (Å²) in [6.45, 7) is -0.760. The van der Waals surface area contributed by atoms with E-state index in [4.69, 9.17) is 25.5 Å². The molecule has 6 nitrogen and oxygen atoms in total. The van der Waals surface area contributed by atoms with Gasteiger partial charge in [0, 0.05) is 0 Å². The lowest BCUT2D eigenvalue weighted by Crippen LogP contribution is -2.46. The fourth-order valence-electron chi connectivity index (χ4n) is 0.618. The first-order valence-electron chi connectivity index (χ1n) is 3.33. The van der Waals surface area contributed by atoms with Gasteiger partial charge in [0.15, 0.2) is 6.29 Å². The first-order chi connectivity index (χ1) is 5.54. The van der Waals surface area contributed by atoms with Gasteiger partial charge in [-0.15, -0.1) is 34.0 Å². The van der Waals surface area contributed by atoms with Crippen LogP contribution in [0.5, 0.6) is 0 Å². The van der Waals surface area contributed by atoms with E-state index in [0.29, 0.717) is 0 Å². The molecule has 0 heterocycles. The van der Waals surface area contributed by atoms with Gasteiger partial charge in [-0.25, -0.2) is 0 Å². The summed E-state index contributed by atoms with van der Waals surface area (Å²) >= 11 is 0. The summed E-state index contributed by atoms with van der Waals surface area (Å²) in [5, 5.41) is 43.5. The summed E-state index contributed by atoms with van der Waals surface area (Å²) in [4.78, 5) is 9.90. The Hall–Kier alpha value is 0.430. The second-order valence-corrected chi connectivity index (χ2v) is 2.36. The maximum absolute atomic E-state index is 9.90. The molecule has 0 spiro atoms. The van der Waals surface area contributed by atoms with Crippen LogP contribution in [0.4, 0.5) is 0 Å². The SMILES string of the molecule is Br.Br.O=C[C@H](O)[C@@H](O)[C@H](O)[C@H](O)CO. The number of halogens is 2. The van der Waals surface area contributed by atoms with Crippen molar-refractivity contribution >= 4 is 40.2 Å². The first-order valence-corrected chi connectivity index (χ1v) is 3.33. The van der Waals surface area contributed by atoms with Gasteiger partial charge in [0.2, 0.25) is 0 Å². The number of hydrogen-bond donors (Lipinski definition) is 5. The van der Waals surface area contributed by atoms with E-state index >= 15 is 0 Å². The average Bonchev–Trinajstić information content (AvgIpc) is 2.12. The summed E-state index contributed by atoms with van der Waals surface area (Å²) in [6.07, 6.45) is -6.84. The van der Waals surface area contributed by atoms with Gasteiger partial charge in [0.05, 0.1) is 6.61 Å². The number of rotatable bonds is 5. The molecule has 0 aromatic carbocycles. The molecule has 5 N–H and O–H groups in total. The minimum atomic E-state index is -1.79. The van der Waals surface area contributed by atoms with Gasteiger partial charge in [-0.1, -0.05) is 0 Å². The Kier molecular flexibility index (Phi) is 14.2. The van der Waals surface area contributed by atoms with Crippen LogP contribution in [0.3, 0.4) is 0 Å². The van der Waals surface area contributed by atoms with Crippen molar-refractivity contribution in [3.63, 3.8) is 0 Å². The molecule has 0 amide bonds. The molecule has 0 bridgehead atoms. The smallest absolute Gasteiger partial charge is 0.151 e. The first kappa shape index (κ1) is 19.9. The maximum Gasteiger partial charge on any atom is 0.151 e.